The minimum absolute atomic E-state index is 0.0181. The average molecular weight is 485 g/mol. The van der Waals surface area contributed by atoms with Gasteiger partial charge in [-0.2, -0.15) is 0 Å². The molecule has 1 aliphatic carbocycles. The lowest BCUT2D eigenvalue weighted by Crippen LogP contribution is -2.55. The fourth-order valence-electron chi connectivity index (χ4n) is 5.58. The highest BCUT2D eigenvalue weighted by Crippen LogP contribution is 2.47. The van der Waals surface area contributed by atoms with Crippen LogP contribution in [-0.2, 0) is 14.3 Å². The molecule has 2 amide bonds. The number of nitrogens with two attached hydrogens (primary N) is 1. The molecule has 0 radical (unpaired) electrons. The zero-order valence-electron chi connectivity index (χ0n) is 22.1. The second-order valence-corrected chi connectivity index (χ2v) is 11.7. The molecule has 0 bridgehead atoms. The number of carbonyl (C=O) groups is 2. The zero-order chi connectivity index (χ0) is 25.7. The van der Waals surface area contributed by atoms with Gasteiger partial charge in [0.1, 0.15) is 11.4 Å². The fraction of sp³-hybridized carbons (Fsp3) is 0.667. The molecule has 4 rings (SSSR count). The molecule has 1 saturated carbocycles. The van der Waals surface area contributed by atoms with Crippen LogP contribution < -0.4 is 15.8 Å². The van der Waals surface area contributed by atoms with Gasteiger partial charge in [0.05, 0.1) is 18.0 Å². The molecular formula is C27H40N4O4. The quantitative estimate of drug-likeness (QED) is 0.617. The first kappa shape index (κ1) is 25.5. The maximum atomic E-state index is 13.4. The summed E-state index contributed by atoms with van der Waals surface area (Å²) in [7, 11) is 1.64. The number of fused-ring (bicyclic) bond motifs is 1. The van der Waals surface area contributed by atoms with E-state index in [1.165, 1.54) is 11.1 Å². The van der Waals surface area contributed by atoms with Crippen LogP contribution >= 0.6 is 0 Å². The molecule has 1 fully saturated rings. The summed E-state index contributed by atoms with van der Waals surface area (Å²) in [6.07, 6.45) is 2.32. The predicted molar refractivity (Wildman–Crippen MR) is 135 cm³/mol. The van der Waals surface area contributed by atoms with Crippen molar-refractivity contribution >= 4 is 17.8 Å². The third-order valence-electron chi connectivity index (χ3n) is 7.54. The maximum Gasteiger partial charge on any atom is 0.231 e. The minimum Gasteiger partial charge on any atom is -0.487 e. The van der Waals surface area contributed by atoms with E-state index in [1.54, 1.807) is 12.0 Å². The van der Waals surface area contributed by atoms with E-state index >= 15 is 0 Å². The number of rotatable bonds is 7. The summed E-state index contributed by atoms with van der Waals surface area (Å²) in [5.41, 5.74) is 8.75. The van der Waals surface area contributed by atoms with Crippen molar-refractivity contribution in [2.75, 3.05) is 13.7 Å². The molecule has 2 unspecified atom stereocenters. The Balaban J connectivity index is 1.52. The van der Waals surface area contributed by atoms with Gasteiger partial charge in [-0.25, -0.2) is 4.99 Å². The number of hydrogen-bond donors (Lipinski definition) is 2. The Morgan fingerprint density at radius 2 is 1.97 bits per heavy atom. The van der Waals surface area contributed by atoms with Crippen LogP contribution in [0.15, 0.2) is 17.1 Å². The third-order valence-corrected chi connectivity index (χ3v) is 7.54. The number of carbonyl (C=O) groups excluding carboxylic acids is 2. The van der Waals surface area contributed by atoms with Crippen molar-refractivity contribution in [3.8, 4) is 5.75 Å². The molecule has 0 aromatic heterocycles. The van der Waals surface area contributed by atoms with Crippen LogP contribution in [0.3, 0.4) is 0 Å². The zero-order valence-corrected chi connectivity index (χ0v) is 22.1. The van der Waals surface area contributed by atoms with Crippen molar-refractivity contribution in [2.24, 2.45) is 22.6 Å². The molecule has 3 aliphatic rings. The van der Waals surface area contributed by atoms with Crippen molar-refractivity contribution in [3.05, 3.63) is 28.8 Å². The smallest absolute Gasteiger partial charge is 0.231 e. The molecule has 8 nitrogen and oxygen atoms in total. The summed E-state index contributed by atoms with van der Waals surface area (Å²) < 4.78 is 11.5. The van der Waals surface area contributed by atoms with Crippen LogP contribution in [0.25, 0.3) is 0 Å². The van der Waals surface area contributed by atoms with Crippen molar-refractivity contribution < 1.29 is 19.1 Å². The normalized spacial score (nSPS) is 27.4. The highest BCUT2D eigenvalue weighted by atomic mass is 16.5. The van der Waals surface area contributed by atoms with Gasteiger partial charge in [-0.3, -0.25) is 14.5 Å². The second kappa shape index (κ2) is 9.12. The molecule has 0 spiro atoms. The van der Waals surface area contributed by atoms with E-state index in [0.29, 0.717) is 32.3 Å². The van der Waals surface area contributed by atoms with Crippen LogP contribution in [-0.4, -0.2) is 53.6 Å². The van der Waals surface area contributed by atoms with E-state index in [-0.39, 0.29) is 47.3 Å². The van der Waals surface area contributed by atoms with Crippen LogP contribution in [0, 0.1) is 25.7 Å². The predicted octanol–water partition coefficient (Wildman–Crippen LogP) is 3.39. The van der Waals surface area contributed by atoms with Crippen LogP contribution in [0.4, 0.5) is 0 Å². The largest absolute Gasteiger partial charge is 0.487 e. The number of methoxy groups -OCH3 is 1. The minimum atomic E-state index is -0.510. The Hall–Kier alpha value is -2.61. The van der Waals surface area contributed by atoms with Crippen molar-refractivity contribution in [2.45, 2.75) is 90.4 Å². The number of aryl methyl sites for hydroxylation is 2. The maximum absolute atomic E-state index is 13.4. The summed E-state index contributed by atoms with van der Waals surface area (Å²) in [6.45, 7) is 12.5. The van der Waals surface area contributed by atoms with Gasteiger partial charge in [-0.1, -0.05) is 6.07 Å². The lowest BCUT2D eigenvalue weighted by molar-refractivity contribution is -0.132. The third kappa shape index (κ3) is 5.32. The number of hydrogen-bond acceptors (Lipinski definition) is 6. The van der Waals surface area contributed by atoms with E-state index in [2.05, 4.69) is 50.1 Å². The van der Waals surface area contributed by atoms with E-state index < -0.39 is 5.54 Å². The van der Waals surface area contributed by atoms with Gasteiger partial charge in [0.2, 0.25) is 11.8 Å². The highest BCUT2D eigenvalue weighted by Gasteiger charge is 2.52. The van der Waals surface area contributed by atoms with Gasteiger partial charge in [-0.05, 0) is 77.5 Å². The molecule has 4 atom stereocenters. The summed E-state index contributed by atoms with van der Waals surface area (Å²) in [5, 5.41) is 3.30. The van der Waals surface area contributed by atoms with E-state index in [4.69, 9.17) is 15.2 Å². The molecule has 2 heterocycles. The Bertz CT molecular complexity index is 1050. The highest BCUT2D eigenvalue weighted by molar-refractivity contribution is 5.99. The monoisotopic (exact) mass is 484 g/mol. The Morgan fingerprint density at radius 1 is 1.29 bits per heavy atom. The Kier molecular flexibility index (Phi) is 6.64. The summed E-state index contributed by atoms with van der Waals surface area (Å²) in [4.78, 5) is 32.6. The summed E-state index contributed by atoms with van der Waals surface area (Å²) in [6, 6.07) is 3.86. The number of ether oxygens (including phenoxy) is 2. The van der Waals surface area contributed by atoms with Crippen molar-refractivity contribution in [1.29, 1.82) is 0 Å². The molecule has 35 heavy (non-hydrogen) atoms. The van der Waals surface area contributed by atoms with Gasteiger partial charge in [0, 0.05) is 37.7 Å². The fourth-order valence-corrected chi connectivity index (χ4v) is 5.58. The molecule has 1 aromatic rings. The van der Waals surface area contributed by atoms with Gasteiger partial charge in [-0.15, -0.1) is 0 Å². The Labute approximate surface area is 208 Å². The van der Waals surface area contributed by atoms with Gasteiger partial charge in [0.15, 0.2) is 5.96 Å². The van der Waals surface area contributed by atoms with Gasteiger partial charge in [0.25, 0.3) is 0 Å². The summed E-state index contributed by atoms with van der Waals surface area (Å²) >= 11 is 0. The van der Waals surface area contributed by atoms with Crippen molar-refractivity contribution in [1.82, 2.24) is 10.2 Å². The number of nitrogens with zero attached hydrogens (tertiary/aromatic N) is 2. The first-order valence-electron chi connectivity index (χ1n) is 12.6. The van der Waals surface area contributed by atoms with E-state index in [0.717, 1.165) is 11.3 Å². The molecule has 1 aromatic carbocycles. The van der Waals surface area contributed by atoms with Gasteiger partial charge >= 0.3 is 0 Å². The lowest BCUT2D eigenvalue weighted by Gasteiger charge is -2.39. The second-order valence-electron chi connectivity index (χ2n) is 11.7. The van der Waals surface area contributed by atoms with Crippen LogP contribution in [0.1, 0.15) is 76.1 Å². The van der Waals surface area contributed by atoms with E-state index in [9.17, 15) is 9.59 Å². The topological polar surface area (TPSA) is 106 Å². The first-order chi connectivity index (χ1) is 16.3. The van der Waals surface area contributed by atoms with Gasteiger partial charge < -0.3 is 20.5 Å². The van der Waals surface area contributed by atoms with Crippen LogP contribution in [0.5, 0.6) is 5.75 Å². The lowest BCUT2D eigenvalue weighted by atomic mass is 9.88. The van der Waals surface area contributed by atoms with Crippen molar-refractivity contribution in [3.63, 3.8) is 0 Å². The number of benzene rings is 1. The molecule has 2 aliphatic heterocycles. The number of guanidine groups is 1. The number of amides is 2. The van der Waals surface area contributed by atoms with E-state index in [1.807, 2.05) is 13.8 Å². The summed E-state index contributed by atoms with van der Waals surface area (Å²) in [5.74, 6) is 0.907. The average Bonchev–Trinajstić information content (AvgIpc) is 3.51. The molecule has 192 valence electrons. The van der Waals surface area contributed by atoms with Crippen LogP contribution in [0.2, 0.25) is 0 Å². The molecule has 3 N–H and O–H groups in total. The number of nitrogens with one attached hydrogen (secondary N) is 1. The first-order valence-corrected chi connectivity index (χ1v) is 12.6. The number of aliphatic imine (C=N–C) groups is 1. The standard InChI is InChI=1S/C27H40N4O4/c1-15-10-19-20(13-27(5,6)35-22(19)11-16(15)2)29-24(33)18-12-17(18)21(8-9-34-7)31-23(32)14-26(3,4)30-25(31)28/h10-11,17-18,20-21H,8-9,12-14H2,1-7H3,(H2,28,30)(H,29,33)/t17?,18?,20-,21+/m0/s1. The SMILES string of the molecule is COCC[C@H](C1CC1C(=O)N[C@H]1CC(C)(C)Oc2cc(C)c(C)cc21)N1C(=O)CC(C)(C)N=C1N. The Morgan fingerprint density at radius 3 is 2.63 bits per heavy atom. The molecular weight excluding hydrogens is 444 g/mol. The molecule has 0 saturated heterocycles. The molecule has 8 heteroatoms.